The first-order valence-corrected chi connectivity index (χ1v) is 6.51. The number of carbonyl (C=O) groups is 2. The van der Waals surface area contributed by atoms with Gasteiger partial charge in [0, 0.05) is 6.54 Å². The van der Waals surface area contributed by atoms with Crippen LogP contribution in [-0.4, -0.2) is 41.0 Å². The van der Waals surface area contributed by atoms with Gasteiger partial charge in [0.15, 0.2) is 5.78 Å². The van der Waals surface area contributed by atoms with Gasteiger partial charge in [-0.1, -0.05) is 0 Å². The smallest absolute Gasteiger partial charge is 0.410 e. The van der Waals surface area contributed by atoms with Gasteiger partial charge >= 0.3 is 6.09 Å². The summed E-state index contributed by atoms with van der Waals surface area (Å²) in [6.45, 7) is 7.67. The molecule has 0 aromatic carbocycles. The zero-order chi connectivity index (χ0) is 13.9. The number of amides is 1. The molecule has 2 N–H and O–H groups in total. The number of ether oxygens (including phenoxy) is 1. The number of hydrogen-bond donors (Lipinski definition) is 1. The van der Waals surface area contributed by atoms with Crippen LogP contribution in [0.2, 0.25) is 0 Å². The van der Waals surface area contributed by atoms with Crippen molar-refractivity contribution in [2.45, 2.75) is 64.6 Å². The van der Waals surface area contributed by atoms with Crippen LogP contribution in [0.3, 0.4) is 0 Å². The van der Waals surface area contributed by atoms with E-state index >= 15 is 0 Å². The van der Waals surface area contributed by atoms with Crippen molar-refractivity contribution in [3.05, 3.63) is 0 Å². The van der Waals surface area contributed by atoms with Crippen LogP contribution in [0.1, 0.15) is 47.0 Å². The van der Waals surface area contributed by atoms with Crippen LogP contribution in [0.25, 0.3) is 0 Å². The van der Waals surface area contributed by atoms with Gasteiger partial charge < -0.3 is 10.5 Å². The van der Waals surface area contributed by atoms with Crippen LogP contribution >= 0.6 is 0 Å². The van der Waals surface area contributed by atoms with Crippen molar-refractivity contribution in [3.63, 3.8) is 0 Å². The van der Waals surface area contributed by atoms with Crippen LogP contribution in [0.15, 0.2) is 0 Å². The fourth-order valence-corrected chi connectivity index (χ4v) is 2.07. The number of carbonyl (C=O) groups excluding carboxylic acids is 2. The molecule has 0 aliphatic carbocycles. The molecule has 1 amide bonds. The van der Waals surface area contributed by atoms with Crippen LogP contribution in [0.4, 0.5) is 4.79 Å². The summed E-state index contributed by atoms with van der Waals surface area (Å²) in [7, 11) is 0. The zero-order valence-electron chi connectivity index (χ0n) is 11.7. The van der Waals surface area contributed by atoms with Crippen molar-refractivity contribution in [1.82, 2.24) is 4.90 Å². The van der Waals surface area contributed by atoms with E-state index in [9.17, 15) is 9.59 Å². The highest BCUT2D eigenvalue weighted by atomic mass is 16.6. The van der Waals surface area contributed by atoms with Gasteiger partial charge in [-0.25, -0.2) is 4.79 Å². The SMILES string of the molecule is CC(N)C(=O)C1CCCCN1C(=O)OC(C)(C)C. The molecule has 1 heterocycles. The van der Waals surface area contributed by atoms with Crippen LogP contribution in [0, 0.1) is 0 Å². The summed E-state index contributed by atoms with van der Waals surface area (Å²) in [6.07, 6.45) is 2.12. The lowest BCUT2D eigenvalue weighted by atomic mass is 9.96. The summed E-state index contributed by atoms with van der Waals surface area (Å²) in [5.74, 6) is -0.0828. The third kappa shape index (κ3) is 3.98. The minimum absolute atomic E-state index is 0.0828. The third-order valence-electron chi connectivity index (χ3n) is 2.91. The van der Waals surface area contributed by atoms with E-state index in [1.165, 1.54) is 4.90 Å². The Bertz CT molecular complexity index is 321. The molecule has 0 bridgehead atoms. The fraction of sp³-hybridized carbons (Fsp3) is 0.846. The first-order valence-electron chi connectivity index (χ1n) is 6.51. The lowest BCUT2D eigenvalue weighted by molar-refractivity contribution is -0.126. The number of Topliss-reactive ketones (excluding diaryl/α,β-unsaturated/α-hetero) is 1. The largest absolute Gasteiger partial charge is 0.444 e. The summed E-state index contributed by atoms with van der Waals surface area (Å²) < 4.78 is 5.33. The summed E-state index contributed by atoms with van der Waals surface area (Å²) in [5.41, 5.74) is 5.08. The molecule has 0 aromatic rings. The van der Waals surface area contributed by atoms with Gasteiger partial charge in [0.25, 0.3) is 0 Å². The Morgan fingerprint density at radius 2 is 1.94 bits per heavy atom. The Labute approximate surface area is 109 Å². The Morgan fingerprint density at radius 3 is 2.44 bits per heavy atom. The van der Waals surface area contributed by atoms with E-state index in [1.54, 1.807) is 6.92 Å². The number of nitrogens with two attached hydrogens (primary N) is 1. The van der Waals surface area contributed by atoms with Gasteiger partial charge in [-0.3, -0.25) is 9.69 Å². The third-order valence-corrected chi connectivity index (χ3v) is 2.91. The molecular formula is C13H24N2O3. The van der Waals surface area contributed by atoms with Gasteiger partial charge in [0.2, 0.25) is 0 Å². The second-order valence-corrected chi connectivity index (χ2v) is 5.88. The fourth-order valence-electron chi connectivity index (χ4n) is 2.07. The minimum atomic E-state index is -0.545. The lowest BCUT2D eigenvalue weighted by Crippen LogP contribution is -2.53. The Kier molecular flexibility index (Phi) is 4.73. The first-order chi connectivity index (χ1) is 8.22. The van der Waals surface area contributed by atoms with E-state index in [2.05, 4.69) is 0 Å². The molecule has 1 saturated heterocycles. The Hall–Kier alpha value is -1.10. The topological polar surface area (TPSA) is 72.6 Å². The molecule has 1 aliphatic heterocycles. The normalized spacial score (nSPS) is 22.5. The molecule has 0 saturated carbocycles. The number of nitrogens with zero attached hydrogens (tertiary/aromatic N) is 1. The molecule has 5 nitrogen and oxygen atoms in total. The minimum Gasteiger partial charge on any atom is -0.444 e. The van der Waals surface area contributed by atoms with Crippen LogP contribution < -0.4 is 5.73 Å². The average molecular weight is 256 g/mol. The highest BCUT2D eigenvalue weighted by molar-refractivity contribution is 5.91. The predicted octanol–water partition coefficient (Wildman–Crippen LogP) is 1.69. The molecule has 18 heavy (non-hydrogen) atoms. The molecule has 2 unspecified atom stereocenters. The standard InChI is InChI=1S/C13H24N2O3/c1-9(14)11(16)10-7-5-6-8-15(10)12(17)18-13(2,3)4/h9-10H,5-8,14H2,1-4H3. The number of rotatable bonds is 2. The maximum atomic E-state index is 12.1. The van der Waals surface area contributed by atoms with E-state index < -0.39 is 23.8 Å². The molecule has 1 aliphatic rings. The van der Waals surface area contributed by atoms with Crippen molar-refractivity contribution in [3.8, 4) is 0 Å². The van der Waals surface area contributed by atoms with Gasteiger partial charge in [-0.05, 0) is 47.0 Å². The van der Waals surface area contributed by atoms with Gasteiger partial charge in [0.05, 0.1) is 12.1 Å². The highest BCUT2D eigenvalue weighted by Gasteiger charge is 2.35. The van der Waals surface area contributed by atoms with Gasteiger partial charge in [-0.2, -0.15) is 0 Å². The van der Waals surface area contributed by atoms with Crippen LogP contribution in [-0.2, 0) is 9.53 Å². The number of likely N-dealkylation sites (tertiary alicyclic amines) is 1. The summed E-state index contributed by atoms with van der Waals surface area (Å²) in [4.78, 5) is 25.6. The molecule has 0 aromatic heterocycles. The number of piperidine rings is 1. The number of hydrogen-bond acceptors (Lipinski definition) is 4. The van der Waals surface area contributed by atoms with E-state index in [-0.39, 0.29) is 5.78 Å². The van der Waals surface area contributed by atoms with Crippen molar-refractivity contribution < 1.29 is 14.3 Å². The second kappa shape index (κ2) is 5.69. The maximum Gasteiger partial charge on any atom is 0.410 e. The van der Waals surface area contributed by atoms with Crippen molar-refractivity contribution in [2.75, 3.05) is 6.54 Å². The van der Waals surface area contributed by atoms with Crippen molar-refractivity contribution >= 4 is 11.9 Å². The molecule has 1 fully saturated rings. The average Bonchev–Trinajstić information content (AvgIpc) is 2.25. The number of ketones is 1. The van der Waals surface area contributed by atoms with Crippen molar-refractivity contribution in [1.29, 1.82) is 0 Å². The zero-order valence-corrected chi connectivity index (χ0v) is 11.7. The summed E-state index contributed by atoms with van der Waals surface area (Å²) in [6, 6.07) is -0.966. The summed E-state index contributed by atoms with van der Waals surface area (Å²) in [5, 5.41) is 0. The lowest BCUT2D eigenvalue weighted by Gasteiger charge is -2.36. The molecule has 5 heteroatoms. The molecular weight excluding hydrogens is 232 g/mol. The van der Waals surface area contributed by atoms with E-state index in [1.807, 2.05) is 20.8 Å². The predicted molar refractivity (Wildman–Crippen MR) is 69.2 cm³/mol. The second-order valence-electron chi connectivity index (χ2n) is 5.88. The Morgan fingerprint density at radius 1 is 1.33 bits per heavy atom. The quantitative estimate of drug-likeness (QED) is 0.816. The molecule has 1 rings (SSSR count). The van der Waals surface area contributed by atoms with Crippen LogP contribution in [0.5, 0.6) is 0 Å². The van der Waals surface area contributed by atoms with Gasteiger partial charge in [0.1, 0.15) is 5.60 Å². The highest BCUT2D eigenvalue weighted by Crippen LogP contribution is 2.21. The van der Waals surface area contributed by atoms with E-state index in [4.69, 9.17) is 10.5 Å². The summed E-state index contributed by atoms with van der Waals surface area (Å²) >= 11 is 0. The monoisotopic (exact) mass is 256 g/mol. The molecule has 104 valence electrons. The molecule has 0 spiro atoms. The molecule has 2 atom stereocenters. The Balaban J connectivity index is 2.76. The van der Waals surface area contributed by atoms with Gasteiger partial charge in [-0.15, -0.1) is 0 Å². The van der Waals surface area contributed by atoms with E-state index in [0.717, 1.165) is 12.8 Å². The molecule has 0 radical (unpaired) electrons. The van der Waals surface area contributed by atoms with Crippen molar-refractivity contribution in [2.24, 2.45) is 5.73 Å². The van der Waals surface area contributed by atoms with E-state index in [0.29, 0.717) is 13.0 Å². The maximum absolute atomic E-state index is 12.1. The first kappa shape index (κ1) is 15.0.